The molecule has 0 unspecified atom stereocenters. The molecule has 0 aliphatic carbocycles. The summed E-state index contributed by atoms with van der Waals surface area (Å²) in [5, 5.41) is 2.87. The summed E-state index contributed by atoms with van der Waals surface area (Å²) in [6.07, 6.45) is 3.02. The van der Waals surface area contributed by atoms with Crippen molar-refractivity contribution in [3.05, 3.63) is 36.3 Å². The lowest BCUT2D eigenvalue weighted by molar-refractivity contribution is 0.620. The summed E-state index contributed by atoms with van der Waals surface area (Å²) in [4.78, 5) is 8.44. The number of nitrogens with zero attached hydrogens (tertiary/aromatic N) is 2. The van der Waals surface area contributed by atoms with Crippen molar-refractivity contribution in [2.75, 3.05) is 17.3 Å². The first-order valence-corrected chi connectivity index (χ1v) is 6.10. The van der Waals surface area contributed by atoms with Crippen LogP contribution in [0.1, 0.15) is 0 Å². The minimum absolute atomic E-state index is 0.0370. The molecule has 88 valence electrons. The monoisotopic (exact) mass is 250 g/mol. The highest BCUT2D eigenvalue weighted by atomic mass is 32.2. The topological polar surface area (TPSA) is 63.8 Å². The van der Waals surface area contributed by atoms with E-state index in [1.54, 1.807) is 11.8 Å². The molecule has 0 radical (unpaired) electrons. The van der Waals surface area contributed by atoms with E-state index in [9.17, 15) is 4.39 Å². The predicted octanol–water partition coefficient (Wildman–Crippen LogP) is 2.66. The summed E-state index contributed by atoms with van der Waals surface area (Å²) in [6, 6.07) is 7.59. The van der Waals surface area contributed by atoms with E-state index in [0.29, 0.717) is 0 Å². The van der Waals surface area contributed by atoms with E-state index in [0.717, 1.165) is 16.8 Å². The Balaban J connectivity index is 2.27. The van der Waals surface area contributed by atoms with Crippen molar-refractivity contribution in [2.24, 2.45) is 0 Å². The Kier molecular flexibility index (Phi) is 3.43. The number of nitrogens with one attached hydrogen (secondary N) is 1. The van der Waals surface area contributed by atoms with Crippen molar-refractivity contribution in [1.29, 1.82) is 0 Å². The van der Waals surface area contributed by atoms with Crippen LogP contribution in [-0.4, -0.2) is 16.2 Å². The molecule has 1 aromatic carbocycles. The van der Waals surface area contributed by atoms with E-state index < -0.39 is 5.82 Å². The summed E-state index contributed by atoms with van der Waals surface area (Å²) in [5.74, 6) is -0.417. The number of thioether (sulfide) groups is 1. The Morgan fingerprint density at radius 1 is 1.41 bits per heavy atom. The van der Waals surface area contributed by atoms with Gasteiger partial charge in [-0.3, -0.25) is 0 Å². The quantitative estimate of drug-likeness (QED) is 0.820. The fourth-order valence-corrected chi connectivity index (χ4v) is 1.77. The molecule has 0 spiro atoms. The van der Waals surface area contributed by atoms with E-state index in [2.05, 4.69) is 15.3 Å². The Labute approximate surface area is 102 Å². The number of hydrogen-bond donors (Lipinski definition) is 2. The van der Waals surface area contributed by atoms with Gasteiger partial charge in [0, 0.05) is 10.6 Å². The van der Waals surface area contributed by atoms with Crippen LogP contribution in [0.2, 0.25) is 0 Å². The second-order valence-corrected chi connectivity index (χ2v) is 4.16. The maximum Gasteiger partial charge on any atom is 0.222 e. The lowest BCUT2D eigenvalue weighted by Gasteiger charge is -2.07. The molecule has 1 heterocycles. The number of halogens is 1. The van der Waals surface area contributed by atoms with E-state index in [1.807, 2.05) is 30.5 Å². The van der Waals surface area contributed by atoms with E-state index in [4.69, 9.17) is 5.73 Å². The van der Waals surface area contributed by atoms with Crippen molar-refractivity contribution < 1.29 is 4.39 Å². The van der Waals surface area contributed by atoms with Crippen molar-refractivity contribution >= 4 is 29.2 Å². The third-order valence-electron chi connectivity index (χ3n) is 2.10. The SMILES string of the molecule is CSc1cccc(Nc2nc(N)ncc2F)c1. The summed E-state index contributed by atoms with van der Waals surface area (Å²) in [7, 11) is 0. The van der Waals surface area contributed by atoms with Gasteiger partial charge in [0.05, 0.1) is 6.20 Å². The highest BCUT2D eigenvalue weighted by Crippen LogP contribution is 2.22. The highest BCUT2D eigenvalue weighted by Gasteiger charge is 2.05. The molecule has 3 N–H and O–H groups in total. The van der Waals surface area contributed by atoms with E-state index in [-0.39, 0.29) is 11.8 Å². The van der Waals surface area contributed by atoms with E-state index >= 15 is 0 Å². The third-order valence-corrected chi connectivity index (χ3v) is 2.82. The Hall–Kier alpha value is -1.82. The first-order chi connectivity index (χ1) is 8.19. The molecule has 0 aliphatic rings. The van der Waals surface area contributed by atoms with Crippen LogP contribution in [0.25, 0.3) is 0 Å². The number of benzene rings is 1. The second-order valence-electron chi connectivity index (χ2n) is 3.28. The van der Waals surface area contributed by atoms with Gasteiger partial charge in [-0.05, 0) is 24.5 Å². The van der Waals surface area contributed by atoms with Gasteiger partial charge in [-0.15, -0.1) is 11.8 Å². The fourth-order valence-electron chi connectivity index (χ4n) is 1.31. The van der Waals surface area contributed by atoms with Gasteiger partial charge in [-0.1, -0.05) is 6.07 Å². The maximum atomic E-state index is 13.4. The third kappa shape index (κ3) is 2.85. The Morgan fingerprint density at radius 3 is 3.00 bits per heavy atom. The molecule has 0 saturated heterocycles. The molecule has 4 nitrogen and oxygen atoms in total. The molecular formula is C11H11FN4S. The van der Waals surface area contributed by atoms with Gasteiger partial charge in [-0.2, -0.15) is 4.98 Å². The summed E-state index contributed by atoms with van der Waals surface area (Å²) >= 11 is 1.61. The summed E-state index contributed by atoms with van der Waals surface area (Å²) in [6.45, 7) is 0. The molecule has 6 heteroatoms. The fraction of sp³-hybridized carbons (Fsp3) is 0.0909. The van der Waals surface area contributed by atoms with Gasteiger partial charge in [0.1, 0.15) is 0 Å². The van der Waals surface area contributed by atoms with Gasteiger partial charge in [0.15, 0.2) is 11.6 Å². The van der Waals surface area contributed by atoms with E-state index in [1.165, 1.54) is 0 Å². The maximum absolute atomic E-state index is 13.4. The molecule has 2 rings (SSSR count). The van der Waals surface area contributed by atoms with Crippen LogP contribution in [0.3, 0.4) is 0 Å². The van der Waals surface area contributed by atoms with Crippen LogP contribution in [-0.2, 0) is 0 Å². The molecule has 0 amide bonds. The molecule has 0 saturated carbocycles. The zero-order chi connectivity index (χ0) is 12.3. The zero-order valence-corrected chi connectivity index (χ0v) is 9.96. The molecule has 0 fully saturated rings. The van der Waals surface area contributed by atoms with Gasteiger partial charge in [0.25, 0.3) is 0 Å². The Morgan fingerprint density at radius 2 is 2.24 bits per heavy atom. The predicted molar refractivity (Wildman–Crippen MR) is 67.9 cm³/mol. The lowest BCUT2D eigenvalue weighted by atomic mass is 10.3. The number of nitrogen functional groups attached to an aromatic ring is 1. The minimum Gasteiger partial charge on any atom is -0.368 e. The zero-order valence-electron chi connectivity index (χ0n) is 9.14. The standard InChI is InChI=1S/C11H11FN4S/c1-17-8-4-2-3-7(5-8)15-10-9(12)6-14-11(13)16-10/h2-6H,1H3,(H3,13,14,15,16). The molecule has 2 aromatic rings. The van der Waals surface area contributed by atoms with Crippen molar-refractivity contribution in [3.8, 4) is 0 Å². The molecule has 0 atom stereocenters. The molecule has 1 aromatic heterocycles. The van der Waals surface area contributed by atoms with Gasteiger partial charge < -0.3 is 11.1 Å². The second kappa shape index (κ2) is 5.01. The number of rotatable bonds is 3. The summed E-state index contributed by atoms with van der Waals surface area (Å²) in [5.41, 5.74) is 6.16. The normalized spacial score (nSPS) is 10.2. The molecule has 17 heavy (non-hydrogen) atoms. The van der Waals surface area contributed by atoms with Crippen LogP contribution < -0.4 is 11.1 Å². The number of anilines is 3. The number of aromatic nitrogens is 2. The smallest absolute Gasteiger partial charge is 0.222 e. The number of hydrogen-bond acceptors (Lipinski definition) is 5. The van der Waals surface area contributed by atoms with Crippen LogP contribution in [0.5, 0.6) is 0 Å². The minimum atomic E-state index is -0.534. The Bertz CT molecular complexity index is 533. The van der Waals surface area contributed by atoms with Crippen LogP contribution in [0.4, 0.5) is 21.8 Å². The first-order valence-electron chi connectivity index (χ1n) is 4.88. The van der Waals surface area contributed by atoms with Gasteiger partial charge in [0.2, 0.25) is 5.95 Å². The van der Waals surface area contributed by atoms with Crippen molar-refractivity contribution in [2.45, 2.75) is 4.90 Å². The van der Waals surface area contributed by atoms with Crippen molar-refractivity contribution in [3.63, 3.8) is 0 Å². The molecular weight excluding hydrogens is 239 g/mol. The molecule has 0 bridgehead atoms. The van der Waals surface area contributed by atoms with Crippen molar-refractivity contribution in [1.82, 2.24) is 9.97 Å². The van der Waals surface area contributed by atoms with Crippen LogP contribution in [0.15, 0.2) is 35.4 Å². The highest BCUT2D eigenvalue weighted by molar-refractivity contribution is 7.98. The average molecular weight is 250 g/mol. The van der Waals surface area contributed by atoms with Gasteiger partial charge >= 0.3 is 0 Å². The van der Waals surface area contributed by atoms with Crippen LogP contribution in [0, 0.1) is 5.82 Å². The number of nitrogens with two attached hydrogens (primary N) is 1. The summed E-state index contributed by atoms with van der Waals surface area (Å²) < 4.78 is 13.4. The molecule has 0 aliphatic heterocycles. The average Bonchev–Trinajstić information content (AvgIpc) is 2.34. The largest absolute Gasteiger partial charge is 0.368 e. The van der Waals surface area contributed by atoms with Gasteiger partial charge in [-0.25, -0.2) is 9.37 Å². The first kappa shape index (κ1) is 11.7. The lowest BCUT2D eigenvalue weighted by Crippen LogP contribution is -2.02. The van der Waals surface area contributed by atoms with Crippen LogP contribution >= 0.6 is 11.8 Å².